The minimum atomic E-state index is 0.827. The first-order chi connectivity index (χ1) is 9.31. The van der Waals surface area contributed by atoms with Crippen molar-refractivity contribution < 1.29 is 0 Å². The first-order valence-corrected chi connectivity index (χ1v) is 6.78. The van der Waals surface area contributed by atoms with Crippen LogP contribution in [0.15, 0.2) is 54.6 Å². The van der Waals surface area contributed by atoms with Gasteiger partial charge in [-0.05, 0) is 24.3 Å². The molecule has 3 heteroatoms. The van der Waals surface area contributed by atoms with Crippen LogP contribution in [-0.4, -0.2) is 9.55 Å². The summed E-state index contributed by atoms with van der Waals surface area (Å²) in [7, 11) is 0. The smallest absolute Gasteiger partial charge is 0.121 e. The van der Waals surface area contributed by atoms with E-state index in [9.17, 15) is 0 Å². The van der Waals surface area contributed by atoms with E-state index in [4.69, 9.17) is 17.2 Å². The number of hydrogen-bond donors (Lipinski definition) is 0. The van der Waals surface area contributed by atoms with Crippen LogP contribution in [0, 0.1) is 4.64 Å². The maximum atomic E-state index is 5.65. The Labute approximate surface area is 117 Å². The van der Waals surface area contributed by atoms with Crippen molar-refractivity contribution in [3.8, 4) is 5.69 Å². The predicted octanol–water partition coefficient (Wildman–Crippen LogP) is 4.32. The molecular weight excluding hydrogens is 252 g/mol. The van der Waals surface area contributed by atoms with Gasteiger partial charge in [0.2, 0.25) is 0 Å². The normalized spacial score (nSPS) is 10.8. The first kappa shape index (κ1) is 12.1. The van der Waals surface area contributed by atoms with Gasteiger partial charge in [-0.3, -0.25) is 4.57 Å². The van der Waals surface area contributed by atoms with Gasteiger partial charge in [-0.25, -0.2) is 4.98 Å². The largest absolute Gasteiger partial charge is 0.288 e. The van der Waals surface area contributed by atoms with Crippen LogP contribution in [-0.2, 0) is 6.42 Å². The minimum absolute atomic E-state index is 0.827. The van der Waals surface area contributed by atoms with Crippen LogP contribution in [0.2, 0.25) is 0 Å². The van der Waals surface area contributed by atoms with Gasteiger partial charge in [0.1, 0.15) is 10.5 Å². The van der Waals surface area contributed by atoms with Gasteiger partial charge in [-0.1, -0.05) is 49.5 Å². The van der Waals surface area contributed by atoms with Gasteiger partial charge in [0.05, 0.1) is 5.52 Å². The maximum absolute atomic E-state index is 5.65. The van der Waals surface area contributed by atoms with Crippen LogP contribution < -0.4 is 0 Å². The molecule has 0 aliphatic heterocycles. The van der Waals surface area contributed by atoms with Crippen molar-refractivity contribution in [1.29, 1.82) is 0 Å². The average molecular weight is 266 g/mol. The molecule has 0 saturated carbocycles. The molecule has 0 amide bonds. The van der Waals surface area contributed by atoms with E-state index in [1.54, 1.807) is 0 Å². The maximum Gasteiger partial charge on any atom is 0.121 e. The highest BCUT2D eigenvalue weighted by molar-refractivity contribution is 7.71. The number of fused-ring (bicyclic) bond motifs is 1. The van der Waals surface area contributed by atoms with Crippen molar-refractivity contribution in [3.63, 3.8) is 0 Å². The zero-order valence-electron chi connectivity index (χ0n) is 10.7. The Balaban J connectivity index is 2.41. The van der Waals surface area contributed by atoms with Crippen molar-refractivity contribution in [3.05, 3.63) is 65.1 Å². The number of aryl methyl sites for hydroxylation is 1. The first-order valence-electron chi connectivity index (χ1n) is 6.37. The van der Waals surface area contributed by atoms with Gasteiger partial charge in [0, 0.05) is 17.5 Å². The van der Waals surface area contributed by atoms with Crippen LogP contribution in [0.25, 0.3) is 16.6 Å². The molecule has 0 aliphatic rings. The molecule has 2 aromatic carbocycles. The summed E-state index contributed by atoms with van der Waals surface area (Å²) in [4.78, 5) is 4.73. The van der Waals surface area contributed by atoms with E-state index < -0.39 is 0 Å². The molecule has 19 heavy (non-hydrogen) atoms. The quantitative estimate of drug-likeness (QED) is 0.643. The summed E-state index contributed by atoms with van der Waals surface area (Å²) in [6.07, 6.45) is 0.851. The third-order valence-corrected chi connectivity index (χ3v) is 3.58. The van der Waals surface area contributed by atoms with Crippen molar-refractivity contribution in [2.75, 3.05) is 0 Å². The summed E-state index contributed by atoms with van der Waals surface area (Å²) in [5.74, 6) is 0.995. The van der Waals surface area contributed by atoms with Crippen LogP contribution in [0.4, 0.5) is 0 Å². The second-order valence-corrected chi connectivity index (χ2v) is 4.76. The third-order valence-electron chi connectivity index (χ3n) is 3.18. The summed E-state index contributed by atoms with van der Waals surface area (Å²) in [5.41, 5.74) is 2.04. The number of para-hydroxylation sites is 2. The second-order valence-electron chi connectivity index (χ2n) is 4.37. The lowest BCUT2D eigenvalue weighted by molar-refractivity contribution is 0.849. The molecule has 94 valence electrons. The molecule has 0 bridgehead atoms. The zero-order chi connectivity index (χ0) is 13.2. The molecule has 3 aromatic rings. The lowest BCUT2D eigenvalue weighted by atomic mass is 10.2. The summed E-state index contributed by atoms with van der Waals surface area (Å²) in [6.45, 7) is 2.10. The Hall–Kier alpha value is -2.00. The molecular formula is C16H14N2S. The van der Waals surface area contributed by atoms with Crippen molar-refractivity contribution in [2.24, 2.45) is 0 Å². The molecule has 1 heterocycles. The van der Waals surface area contributed by atoms with Crippen molar-refractivity contribution >= 4 is 23.1 Å². The SMILES string of the molecule is CCc1nc2ccccc2c(=S)n1-c1ccccc1. The Morgan fingerprint density at radius 2 is 1.68 bits per heavy atom. The van der Waals surface area contributed by atoms with Gasteiger partial charge in [-0.15, -0.1) is 0 Å². The Kier molecular flexibility index (Phi) is 3.13. The van der Waals surface area contributed by atoms with E-state index in [0.717, 1.165) is 33.5 Å². The van der Waals surface area contributed by atoms with Crippen molar-refractivity contribution in [2.45, 2.75) is 13.3 Å². The molecule has 0 spiro atoms. The number of aromatic nitrogens is 2. The fourth-order valence-electron chi connectivity index (χ4n) is 2.26. The van der Waals surface area contributed by atoms with Crippen LogP contribution in [0.1, 0.15) is 12.7 Å². The Bertz CT molecular complexity index is 776. The molecule has 0 saturated heterocycles. The van der Waals surface area contributed by atoms with E-state index >= 15 is 0 Å². The van der Waals surface area contributed by atoms with Crippen LogP contribution in [0.5, 0.6) is 0 Å². The van der Waals surface area contributed by atoms with E-state index in [-0.39, 0.29) is 0 Å². The number of nitrogens with zero attached hydrogens (tertiary/aromatic N) is 2. The predicted molar refractivity (Wildman–Crippen MR) is 81.3 cm³/mol. The lowest BCUT2D eigenvalue weighted by Gasteiger charge is -2.13. The standard InChI is InChI=1S/C16H14N2S/c1-2-15-17-14-11-7-6-10-13(14)16(19)18(15)12-8-4-3-5-9-12/h3-11H,2H2,1H3. The zero-order valence-corrected chi connectivity index (χ0v) is 11.5. The molecule has 0 N–H and O–H groups in total. The molecule has 0 unspecified atom stereocenters. The molecule has 1 aromatic heterocycles. The molecule has 2 nitrogen and oxygen atoms in total. The number of benzene rings is 2. The molecule has 0 atom stereocenters. The van der Waals surface area contributed by atoms with Crippen molar-refractivity contribution in [1.82, 2.24) is 9.55 Å². The van der Waals surface area contributed by atoms with E-state index in [1.807, 2.05) is 42.5 Å². The summed E-state index contributed by atoms with van der Waals surface area (Å²) in [5, 5.41) is 1.03. The molecule has 3 rings (SSSR count). The molecule has 0 radical (unpaired) electrons. The van der Waals surface area contributed by atoms with E-state index in [0.29, 0.717) is 0 Å². The van der Waals surface area contributed by atoms with Gasteiger partial charge in [0.15, 0.2) is 0 Å². The lowest BCUT2D eigenvalue weighted by Crippen LogP contribution is -2.07. The average Bonchev–Trinajstić information content (AvgIpc) is 2.48. The number of rotatable bonds is 2. The second kappa shape index (κ2) is 4.94. The van der Waals surface area contributed by atoms with E-state index in [1.165, 1.54) is 0 Å². The van der Waals surface area contributed by atoms with Crippen LogP contribution >= 0.6 is 12.2 Å². The van der Waals surface area contributed by atoms with Crippen LogP contribution in [0.3, 0.4) is 0 Å². The van der Waals surface area contributed by atoms with Gasteiger partial charge in [0.25, 0.3) is 0 Å². The Morgan fingerprint density at radius 3 is 2.42 bits per heavy atom. The number of hydrogen-bond acceptors (Lipinski definition) is 2. The molecule has 0 aliphatic carbocycles. The Morgan fingerprint density at radius 1 is 1.00 bits per heavy atom. The fourth-order valence-corrected chi connectivity index (χ4v) is 2.64. The van der Waals surface area contributed by atoms with E-state index in [2.05, 4.69) is 23.6 Å². The third kappa shape index (κ3) is 2.06. The topological polar surface area (TPSA) is 17.8 Å². The fraction of sp³-hybridized carbons (Fsp3) is 0.125. The van der Waals surface area contributed by atoms with Gasteiger partial charge in [-0.2, -0.15) is 0 Å². The minimum Gasteiger partial charge on any atom is -0.288 e. The van der Waals surface area contributed by atoms with Gasteiger partial charge >= 0.3 is 0 Å². The summed E-state index contributed by atoms with van der Waals surface area (Å²) in [6, 6.07) is 18.2. The van der Waals surface area contributed by atoms with Gasteiger partial charge < -0.3 is 0 Å². The highest BCUT2D eigenvalue weighted by Gasteiger charge is 2.08. The highest BCUT2D eigenvalue weighted by atomic mass is 32.1. The highest BCUT2D eigenvalue weighted by Crippen LogP contribution is 2.19. The molecule has 0 fully saturated rings. The summed E-state index contributed by atoms with van der Waals surface area (Å²) < 4.78 is 2.89. The summed E-state index contributed by atoms with van der Waals surface area (Å²) >= 11 is 5.65. The monoisotopic (exact) mass is 266 g/mol.